The number of hydrogen-bond acceptors (Lipinski definition) is 6. The molecule has 2 atom stereocenters. The van der Waals surface area contributed by atoms with Crippen LogP contribution in [-0.2, 0) is 21.2 Å². The van der Waals surface area contributed by atoms with Gasteiger partial charge in [-0.05, 0) is 55.5 Å². The van der Waals surface area contributed by atoms with Crippen molar-refractivity contribution in [2.24, 2.45) is 5.92 Å². The topological polar surface area (TPSA) is 90.0 Å². The molecule has 2 aromatic rings. The number of rotatable bonds is 7. The molecule has 0 aromatic heterocycles. The number of nitrogens with zero attached hydrogens (tertiary/aromatic N) is 3. The maximum atomic E-state index is 13.7. The first-order valence-corrected chi connectivity index (χ1v) is 15.0. The molecule has 5 rings (SSSR count). The molecule has 0 unspecified atom stereocenters. The van der Waals surface area contributed by atoms with Gasteiger partial charge in [-0.15, -0.1) is 0 Å². The number of nitrogens with one attached hydrogen (secondary N) is 1. The number of imide groups is 1. The Hall–Kier alpha value is -2.75. The van der Waals surface area contributed by atoms with Gasteiger partial charge in [-0.1, -0.05) is 42.5 Å². The zero-order valence-corrected chi connectivity index (χ0v) is 22.4. The van der Waals surface area contributed by atoms with E-state index in [2.05, 4.69) is 40.5 Å². The number of benzene rings is 2. The van der Waals surface area contributed by atoms with Crippen molar-refractivity contribution in [3.8, 4) is 0 Å². The van der Waals surface area contributed by atoms with Gasteiger partial charge >= 0.3 is 6.03 Å². The Morgan fingerprint density at radius 3 is 2.27 bits per heavy atom. The first-order chi connectivity index (χ1) is 17.7. The highest BCUT2D eigenvalue weighted by Crippen LogP contribution is 2.39. The van der Waals surface area contributed by atoms with E-state index in [1.54, 1.807) is 17.0 Å². The van der Waals surface area contributed by atoms with Crippen LogP contribution in [0.1, 0.15) is 36.8 Å². The Morgan fingerprint density at radius 2 is 1.65 bits per heavy atom. The zero-order valence-electron chi connectivity index (χ0n) is 21.6. The predicted molar refractivity (Wildman–Crippen MR) is 142 cm³/mol. The minimum absolute atomic E-state index is 0.129. The molecule has 0 radical (unpaired) electrons. The highest BCUT2D eigenvalue weighted by atomic mass is 32.2. The van der Waals surface area contributed by atoms with E-state index in [9.17, 15) is 18.0 Å². The SMILES string of the molecule is CCN1C(=O)N(Cc2ccc(S(C)(=O)=O)cc2)C(=O)C12CCN(C[C@@H]1CNC[C@@H]1c1ccccc1)CC2. The van der Waals surface area contributed by atoms with Gasteiger partial charge in [0, 0.05) is 44.9 Å². The van der Waals surface area contributed by atoms with Gasteiger partial charge < -0.3 is 15.1 Å². The molecule has 2 aromatic carbocycles. The Kier molecular flexibility index (Phi) is 7.13. The van der Waals surface area contributed by atoms with Crippen LogP contribution in [-0.4, -0.2) is 86.1 Å². The van der Waals surface area contributed by atoms with Crippen LogP contribution in [0.3, 0.4) is 0 Å². The number of carbonyl (C=O) groups is 2. The number of likely N-dealkylation sites (tertiary alicyclic amines) is 1. The number of likely N-dealkylation sites (N-methyl/N-ethyl adjacent to an activating group) is 1. The molecule has 3 saturated heterocycles. The van der Waals surface area contributed by atoms with E-state index in [1.807, 2.05) is 6.92 Å². The van der Waals surface area contributed by atoms with Crippen LogP contribution in [0.2, 0.25) is 0 Å². The van der Waals surface area contributed by atoms with Crippen LogP contribution in [0.25, 0.3) is 0 Å². The molecule has 3 aliphatic rings. The van der Waals surface area contributed by atoms with Gasteiger partial charge in [0.2, 0.25) is 0 Å². The van der Waals surface area contributed by atoms with Crippen LogP contribution in [0.5, 0.6) is 0 Å². The van der Waals surface area contributed by atoms with Crippen LogP contribution < -0.4 is 5.32 Å². The number of sulfone groups is 1. The summed E-state index contributed by atoms with van der Waals surface area (Å²) in [5, 5.41) is 3.56. The van der Waals surface area contributed by atoms with E-state index in [1.165, 1.54) is 22.6 Å². The summed E-state index contributed by atoms with van der Waals surface area (Å²) in [5.74, 6) is 0.880. The molecule has 0 bridgehead atoms. The average Bonchev–Trinajstić information content (AvgIpc) is 3.43. The molecule has 1 spiro atoms. The summed E-state index contributed by atoms with van der Waals surface area (Å²) < 4.78 is 23.5. The van der Waals surface area contributed by atoms with E-state index >= 15 is 0 Å². The average molecular weight is 525 g/mol. The standard InChI is InChI=1S/C28H36N4O4S/c1-3-32-27(34)31(19-21-9-11-24(12-10-21)37(2,35)36)26(33)28(32)13-15-30(16-14-28)20-23-17-29-18-25(23)22-7-5-4-6-8-22/h4-12,23,25,29H,3,13-20H2,1-2H3/t23-,25+/m0/s1. The fourth-order valence-electron chi connectivity index (χ4n) is 6.32. The molecule has 0 aliphatic carbocycles. The van der Waals surface area contributed by atoms with E-state index in [-0.39, 0.29) is 23.4 Å². The van der Waals surface area contributed by atoms with Crippen LogP contribution >= 0.6 is 0 Å². The smallest absolute Gasteiger partial charge is 0.316 e. The predicted octanol–water partition coefficient (Wildman–Crippen LogP) is 2.71. The van der Waals surface area contributed by atoms with Gasteiger partial charge in [0.1, 0.15) is 5.54 Å². The maximum absolute atomic E-state index is 13.7. The molecule has 1 N–H and O–H groups in total. The molecule has 3 amide bonds. The fraction of sp³-hybridized carbons (Fsp3) is 0.500. The second-order valence-electron chi connectivity index (χ2n) is 10.6. The highest BCUT2D eigenvalue weighted by molar-refractivity contribution is 7.90. The molecule has 37 heavy (non-hydrogen) atoms. The second kappa shape index (κ2) is 10.2. The van der Waals surface area contributed by atoms with Crippen molar-refractivity contribution in [3.05, 3.63) is 65.7 Å². The minimum atomic E-state index is -3.30. The Balaban J connectivity index is 1.26. The number of hydrogen-bond donors (Lipinski definition) is 1. The summed E-state index contributed by atoms with van der Waals surface area (Å²) in [5.41, 5.74) is 1.32. The van der Waals surface area contributed by atoms with E-state index < -0.39 is 15.4 Å². The van der Waals surface area contributed by atoms with Crippen LogP contribution in [0.4, 0.5) is 4.79 Å². The highest BCUT2D eigenvalue weighted by Gasteiger charge is 2.57. The largest absolute Gasteiger partial charge is 0.327 e. The third kappa shape index (κ3) is 4.92. The third-order valence-corrected chi connectivity index (χ3v) is 9.50. The first kappa shape index (κ1) is 25.9. The van der Waals surface area contributed by atoms with Crippen molar-refractivity contribution in [2.45, 2.75) is 42.7 Å². The van der Waals surface area contributed by atoms with E-state index in [4.69, 9.17) is 0 Å². The van der Waals surface area contributed by atoms with Gasteiger partial charge in [-0.3, -0.25) is 9.69 Å². The summed E-state index contributed by atoms with van der Waals surface area (Å²) in [6.45, 7) is 7.09. The third-order valence-electron chi connectivity index (χ3n) is 8.37. The van der Waals surface area contributed by atoms with Crippen LogP contribution in [0, 0.1) is 5.92 Å². The normalized spacial score (nSPS) is 24.4. The maximum Gasteiger partial charge on any atom is 0.327 e. The van der Waals surface area contributed by atoms with E-state index in [0.717, 1.165) is 44.5 Å². The van der Waals surface area contributed by atoms with Crippen molar-refractivity contribution in [3.63, 3.8) is 0 Å². The van der Waals surface area contributed by atoms with Gasteiger partial charge in [0.05, 0.1) is 11.4 Å². The van der Waals surface area contributed by atoms with Gasteiger partial charge in [0.15, 0.2) is 9.84 Å². The van der Waals surface area contributed by atoms with Crippen molar-refractivity contribution >= 4 is 21.8 Å². The Bertz CT molecular complexity index is 1240. The van der Waals surface area contributed by atoms with Gasteiger partial charge in [0.25, 0.3) is 5.91 Å². The summed E-state index contributed by atoms with van der Waals surface area (Å²) in [4.78, 5) is 32.8. The molecule has 8 nitrogen and oxygen atoms in total. The number of carbonyl (C=O) groups excluding carboxylic acids is 2. The lowest BCUT2D eigenvalue weighted by molar-refractivity contribution is -0.136. The molecule has 198 valence electrons. The molecule has 9 heteroatoms. The van der Waals surface area contributed by atoms with Gasteiger partial charge in [-0.25, -0.2) is 13.2 Å². The van der Waals surface area contributed by atoms with Crippen molar-refractivity contribution in [2.75, 3.05) is 45.5 Å². The molecule has 3 fully saturated rings. The zero-order chi connectivity index (χ0) is 26.2. The lowest BCUT2D eigenvalue weighted by atomic mass is 9.84. The lowest BCUT2D eigenvalue weighted by Gasteiger charge is -2.42. The second-order valence-corrected chi connectivity index (χ2v) is 12.6. The van der Waals surface area contributed by atoms with Crippen molar-refractivity contribution < 1.29 is 18.0 Å². The minimum Gasteiger partial charge on any atom is -0.316 e. The molecule has 3 heterocycles. The Morgan fingerprint density at radius 1 is 0.973 bits per heavy atom. The molecular weight excluding hydrogens is 488 g/mol. The molecule has 0 saturated carbocycles. The summed E-state index contributed by atoms with van der Waals surface area (Å²) in [7, 11) is -3.30. The first-order valence-electron chi connectivity index (χ1n) is 13.1. The lowest BCUT2D eigenvalue weighted by Crippen LogP contribution is -2.57. The monoisotopic (exact) mass is 524 g/mol. The summed E-state index contributed by atoms with van der Waals surface area (Å²) in [6, 6.07) is 16.8. The Labute approximate surface area is 219 Å². The fourth-order valence-corrected chi connectivity index (χ4v) is 6.95. The molecule has 3 aliphatic heterocycles. The quantitative estimate of drug-likeness (QED) is 0.561. The summed E-state index contributed by atoms with van der Waals surface area (Å²) in [6.07, 6.45) is 2.42. The van der Waals surface area contributed by atoms with Crippen molar-refractivity contribution in [1.29, 1.82) is 0 Å². The van der Waals surface area contributed by atoms with E-state index in [0.29, 0.717) is 31.2 Å². The number of urea groups is 1. The van der Waals surface area contributed by atoms with Crippen LogP contribution in [0.15, 0.2) is 59.5 Å². The number of piperidine rings is 1. The molecular formula is C28H36N4O4S. The number of amides is 3. The summed E-state index contributed by atoms with van der Waals surface area (Å²) >= 11 is 0. The van der Waals surface area contributed by atoms with Crippen molar-refractivity contribution in [1.82, 2.24) is 20.0 Å². The van der Waals surface area contributed by atoms with Gasteiger partial charge in [-0.2, -0.15) is 0 Å².